The van der Waals surface area contributed by atoms with Crippen LogP contribution in [0.3, 0.4) is 0 Å². The highest BCUT2D eigenvalue weighted by Crippen LogP contribution is 2.26. The Morgan fingerprint density at radius 1 is 1.07 bits per heavy atom. The van der Waals surface area contributed by atoms with E-state index in [1.54, 1.807) is 36.4 Å². The van der Waals surface area contributed by atoms with Crippen molar-refractivity contribution >= 4 is 23.1 Å². The summed E-state index contributed by atoms with van der Waals surface area (Å²) in [6.07, 6.45) is 1.42. The van der Waals surface area contributed by atoms with Crippen LogP contribution in [0.5, 0.6) is 0 Å². The van der Waals surface area contributed by atoms with Gasteiger partial charge in [-0.05, 0) is 42.7 Å². The second-order valence-corrected chi connectivity index (χ2v) is 6.64. The van der Waals surface area contributed by atoms with Crippen molar-refractivity contribution in [2.75, 3.05) is 0 Å². The minimum absolute atomic E-state index is 0.0481. The first kappa shape index (κ1) is 19.0. The summed E-state index contributed by atoms with van der Waals surface area (Å²) >= 11 is 5.90. The van der Waals surface area contributed by atoms with E-state index in [0.29, 0.717) is 22.9 Å². The maximum Gasteiger partial charge on any atom is 0.247 e. The van der Waals surface area contributed by atoms with E-state index in [-0.39, 0.29) is 17.4 Å². The summed E-state index contributed by atoms with van der Waals surface area (Å²) in [6.45, 7) is 3.94. The van der Waals surface area contributed by atoms with E-state index in [9.17, 15) is 4.79 Å². The molecule has 5 nitrogen and oxygen atoms in total. The zero-order valence-corrected chi connectivity index (χ0v) is 16.0. The SMILES string of the molecule is CCc1ccc(C(=O)C(=N)C(CC)c2nnc(-c3ccc(Cl)cc3)o2)cc1. The molecule has 0 aliphatic rings. The van der Waals surface area contributed by atoms with Gasteiger partial charge in [-0.15, -0.1) is 10.2 Å². The Labute approximate surface area is 162 Å². The van der Waals surface area contributed by atoms with Crippen LogP contribution in [0.4, 0.5) is 0 Å². The fraction of sp³-hybridized carbons (Fsp3) is 0.238. The maximum absolute atomic E-state index is 12.7. The van der Waals surface area contributed by atoms with Gasteiger partial charge < -0.3 is 9.83 Å². The zero-order valence-electron chi connectivity index (χ0n) is 15.2. The van der Waals surface area contributed by atoms with Crippen LogP contribution in [0.25, 0.3) is 11.5 Å². The molecular weight excluding hydrogens is 362 g/mol. The van der Waals surface area contributed by atoms with E-state index in [1.165, 1.54) is 0 Å². The van der Waals surface area contributed by atoms with Gasteiger partial charge >= 0.3 is 0 Å². The molecule has 0 spiro atoms. The van der Waals surface area contributed by atoms with E-state index in [4.69, 9.17) is 21.4 Å². The number of carbonyl (C=O) groups is 1. The summed E-state index contributed by atoms with van der Waals surface area (Å²) in [5.74, 6) is -0.258. The fourth-order valence-electron chi connectivity index (χ4n) is 2.79. The Balaban J connectivity index is 1.82. The normalized spacial score (nSPS) is 12.0. The van der Waals surface area contributed by atoms with Gasteiger partial charge in [-0.2, -0.15) is 0 Å². The Morgan fingerprint density at radius 2 is 1.74 bits per heavy atom. The topological polar surface area (TPSA) is 79.8 Å². The number of halogens is 1. The van der Waals surface area contributed by atoms with Gasteiger partial charge in [0.25, 0.3) is 0 Å². The number of hydrogen-bond acceptors (Lipinski definition) is 5. The van der Waals surface area contributed by atoms with Gasteiger partial charge in [0.15, 0.2) is 0 Å². The third-order valence-corrected chi connectivity index (χ3v) is 4.71. The number of rotatable bonds is 7. The van der Waals surface area contributed by atoms with Gasteiger partial charge in [0.1, 0.15) is 0 Å². The first-order valence-electron chi connectivity index (χ1n) is 8.84. The average molecular weight is 382 g/mol. The first-order valence-corrected chi connectivity index (χ1v) is 9.22. The molecule has 0 saturated heterocycles. The molecular formula is C21H20ClN3O2. The molecule has 3 rings (SSSR count). The number of aromatic nitrogens is 2. The summed E-state index contributed by atoms with van der Waals surface area (Å²) in [6, 6.07) is 14.4. The molecule has 0 bridgehead atoms. The van der Waals surface area contributed by atoms with Crippen molar-refractivity contribution in [1.82, 2.24) is 10.2 Å². The third-order valence-electron chi connectivity index (χ3n) is 4.46. The maximum atomic E-state index is 12.7. The van der Waals surface area contributed by atoms with Crippen molar-refractivity contribution in [3.63, 3.8) is 0 Å². The van der Waals surface area contributed by atoms with Crippen molar-refractivity contribution in [2.24, 2.45) is 0 Å². The summed E-state index contributed by atoms with van der Waals surface area (Å²) in [5, 5.41) is 17.1. The predicted octanol–water partition coefficient (Wildman–Crippen LogP) is 5.35. The molecule has 0 radical (unpaired) electrons. The van der Waals surface area contributed by atoms with Gasteiger partial charge in [0.05, 0.1) is 11.6 Å². The van der Waals surface area contributed by atoms with Crippen molar-refractivity contribution in [3.8, 4) is 11.5 Å². The minimum atomic E-state index is -0.545. The number of Topliss-reactive ketones (excluding diaryl/α,β-unsaturated/α-hetero) is 1. The highest BCUT2D eigenvalue weighted by Gasteiger charge is 2.27. The van der Waals surface area contributed by atoms with Crippen LogP contribution in [0.2, 0.25) is 5.02 Å². The van der Waals surface area contributed by atoms with Gasteiger partial charge in [-0.3, -0.25) is 4.79 Å². The van der Waals surface area contributed by atoms with Crippen molar-refractivity contribution < 1.29 is 9.21 Å². The standard InChI is InChI=1S/C21H20ClN3O2/c1-3-13-5-7-14(8-6-13)19(26)18(23)17(4-2)21-25-24-20(27-21)15-9-11-16(22)12-10-15/h5-12,17,23H,3-4H2,1-2H3. The molecule has 2 aromatic carbocycles. The summed E-state index contributed by atoms with van der Waals surface area (Å²) in [4.78, 5) is 12.7. The van der Waals surface area contributed by atoms with Crippen LogP contribution < -0.4 is 0 Å². The molecule has 1 N–H and O–H groups in total. The molecule has 27 heavy (non-hydrogen) atoms. The molecule has 1 unspecified atom stereocenters. The van der Waals surface area contributed by atoms with Crippen LogP contribution in [0.15, 0.2) is 52.9 Å². The summed E-state index contributed by atoms with van der Waals surface area (Å²) < 4.78 is 5.75. The fourth-order valence-corrected chi connectivity index (χ4v) is 2.92. The molecule has 1 aromatic heterocycles. The lowest BCUT2D eigenvalue weighted by molar-refractivity contribution is 0.106. The predicted molar refractivity (Wildman–Crippen MR) is 106 cm³/mol. The number of hydrogen-bond donors (Lipinski definition) is 1. The number of carbonyl (C=O) groups excluding carboxylic acids is 1. The molecule has 0 fully saturated rings. The van der Waals surface area contributed by atoms with Crippen LogP contribution in [-0.2, 0) is 6.42 Å². The average Bonchev–Trinajstić information content (AvgIpc) is 3.18. The number of nitrogens with one attached hydrogen (secondary N) is 1. The van der Waals surface area contributed by atoms with Crippen LogP contribution in [-0.4, -0.2) is 21.7 Å². The van der Waals surface area contributed by atoms with Crippen LogP contribution >= 0.6 is 11.6 Å². The summed E-state index contributed by atoms with van der Waals surface area (Å²) in [7, 11) is 0. The number of aryl methyl sites for hydroxylation is 1. The Bertz CT molecular complexity index is 946. The largest absolute Gasteiger partial charge is 0.420 e. The third kappa shape index (κ3) is 4.14. The van der Waals surface area contributed by atoms with Crippen molar-refractivity contribution in [1.29, 1.82) is 5.41 Å². The van der Waals surface area contributed by atoms with Crippen molar-refractivity contribution in [3.05, 3.63) is 70.6 Å². The highest BCUT2D eigenvalue weighted by atomic mass is 35.5. The number of ketones is 1. The molecule has 3 aromatic rings. The lowest BCUT2D eigenvalue weighted by atomic mass is 9.93. The molecule has 0 amide bonds. The van der Waals surface area contributed by atoms with Gasteiger partial charge in [-0.1, -0.05) is 49.7 Å². The van der Waals surface area contributed by atoms with E-state index >= 15 is 0 Å². The molecule has 0 aliphatic carbocycles. The minimum Gasteiger partial charge on any atom is -0.420 e. The molecule has 0 saturated carbocycles. The molecule has 1 heterocycles. The molecule has 138 valence electrons. The monoisotopic (exact) mass is 381 g/mol. The second kappa shape index (κ2) is 8.27. The van der Waals surface area contributed by atoms with E-state index in [1.807, 2.05) is 19.1 Å². The lowest BCUT2D eigenvalue weighted by Crippen LogP contribution is -2.21. The number of benzene rings is 2. The van der Waals surface area contributed by atoms with E-state index in [2.05, 4.69) is 17.1 Å². The van der Waals surface area contributed by atoms with E-state index in [0.717, 1.165) is 17.5 Å². The lowest BCUT2D eigenvalue weighted by Gasteiger charge is -2.11. The quantitative estimate of drug-likeness (QED) is 0.442. The molecule has 0 aliphatic heterocycles. The van der Waals surface area contributed by atoms with Gasteiger partial charge in [-0.25, -0.2) is 0 Å². The van der Waals surface area contributed by atoms with Crippen molar-refractivity contribution in [2.45, 2.75) is 32.6 Å². The van der Waals surface area contributed by atoms with Crippen LogP contribution in [0.1, 0.15) is 48.0 Å². The Hall–Kier alpha value is -2.79. The first-order chi connectivity index (χ1) is 13.0. The van der Waals surface area contributed by atoms with Crippen LogP contribution in [0, 0.1) is 5.41 Å². The Kier molecular flexibility index (Phi) is 5.81. The van der Waals surface area contributed by atoms with Gasteiger partial charge in [0.2, 0.25) is 17.6 Å². The zero-order chi connectivity index (χ0) is 19.4. The molecule has 1 atom stereocenters. The Morgan fingerprint density at radius 3 is 2.33 bits per heavy atom. The van der Waals surface area contributed by atoms with Gasteiger partial charge in [0, 0.05) is 16.1 Å². The second-order valence-electron chi connectivity index (χ2n) is 6.21. The van der Waals surface area contributed by atoms with E-state index < -0.39 is 5.92 Å². The smallest absolute Gasteiger partial charge is 0.247 e. The highest BCUT2D eigenvalue weighted by molar-refractivity contribution is 6.46. The number of nitrogens with zero attached hydrogens (tertiary/aromatic N) is 2. The summed E-state index contributed by atoms with van der Waals surface area (Å²) in [5.41, 5.74) is 2.33. The molecule has 6 heteroatoms.